The summed E-state index contributed by atoms with van der Waals surface area (Å²) < 4.78 is 17.5. The van der Waals surface area contributed by atoms with Crippen molar-refractivity contribution in [3.8, 4) is 5.69 Å². The van der Waals surface area contributed by atoms with E-state index < -0.39 is 0 Å². The molecule has 0 aliphatic rings. The highest BCUT2D eigenvalue weighted by atomic mass is 19.1. The first kappa shape index (κ1) is 16.4. The van der Waals surface area contributed by atoms with Gasteiger partial charge < -0.3 is 10.3 Å². The number of nitrogens with zero attached hydrogens (tertiary/aromatic N) is 7. The van der Waals surface area contributed by atoms with Gasteiger partial charge in [0, 0.05) is 19.3 Å². The minimum atomic E-state index is -0.320. The maximum absolute atomic E-state index is 13.9. The van der Waals surface area contributed by atoms with Crippen LogP contribution in [0.4, 0.5) is 10.2 Å². The molecule has 140 valence electrons. The standard InChI is InChI=1S/C18H16FN9/c1-10(25-17-15-16(21-8-20-15)22-9-23-17)18-26-13-4-3-11(19)5-14(13)28(18)12-6-24-27(2)7-12/h3-10H,1-2H3,(H2,20,21,22,23,25). The van der Waals surface area contributed by atoms with Crippen molar-refractivity contribution in [2.75, 3.05) is 5.32 Å². The van der Waals surface area contributed by atoms with Crippen LogP contribution in [0.15, 0.2) is 43.2 Å². The number of H-pyrrole nitrogens is 1. The predicted molar refractivity (Wildman–Crippen MR) is 102 cm³/mol. The molecule has 0 spiro atoms. The molecule has 1 unspecified atom stereocenters. The van der Waals surface area contributed by atoms with E-state index >= 15 is 0 Å². The van der Waals surface area contributed by atoms with E-state index in [0.717, 1.165) is 5.69 Å². The van der Waals surface area contributed by atoms with E-state index in [9.17, 15) is 4.39 Å². The summed E-state index contributed by atoms with van der Waals surface area (Å²) in [7, 11) is 1.83. The molecule has 0 saturated heterocycles. The van der Waals surface area contributed by atoms with Gasteiger partial charge in [-0.25, -0.2) is 24.3 Å². The Morgan fingerprint density at radius 2 is 2.11 bits per heavy atom. The van der Waals surface area contributed by atoms with Crippen LogP contribution in [0.2, 0.25) is 0 Å². The van der Waals surface area contributed by atoms with Gasteiger partial charge in [0.2, 0.25) is 0 Å². The topological polar surface area (TPSA) is 102 Å². The fourth-order valence-corrected chi connectivity index (χ4v) is 3.30. The summed E-state index contributed by atoms with van der Waals surface area (Å²) in [5, 5.41) is 7.59. The Balaban J connectivity index is 1.64. The highest BCUT2D eigenvalue weighted by Gasteiger charge is 2.20. The molecule has 1 atom stereocenters. The molecule has 0 bridgehead atoms. The summed E-state index contributed by atoms with van der Waals surface area (Å²) in [6, 6.07) is 4.31. The number of hydrogen-bond donors (Lipinski definition) is 2. The maximum atomic E-state index is 13.9. The van der Waals surface area contributed by atoms with Crippen LogP contribution in [0.5, 0.6) is 0 Å². The summed E-state index contributed by atoms with van der Waals surface area (Å²) in [4.78, 5) is 20.4. The lowest BCUT2D eigenvalue weighted by molar-refractivity contribution is 0.629. The van der Waals surface area contributed by atoms with Gasteiger partial charge in [-0.1, -0.05) is 0 Å². The lowest BCUT2D eigenvalue weighted by Gasteiger charge is -2.16. The van der Waals surface area contributed by atoms with Gasteiger partial charge in [-0.3, -0.25) is 9.25 Å². The quantitative estimate of drug-likeness (QED) is 0.499. The molecule has 0 amide bonds. The molecule has 0 aliphatic carbocycles. The van der Waals surface area contributed by atoms with Crippen molar-refractivity contribution in [1.82, 2.24) is 39.3 Å². The molecule has 0 aliphatic heterocycles. The second-order valence-corrected chi connectivity index (χ2v) is 6.50. The van der Waals surface area contributed by atoms with E-state index in [1.165, 1.54) is 18.5 Å². The Morgan fingerprint density at radius 3 is 2.93 bits per heavy atom. The summed E-state index contributed by atoms with van der Waals surface area (Å²) in [5.41, 5.74) is 3.46. The molecule has 5 rings (SSSR count). The zero-order valence-electron chi connectivity index (χ0n) is 15.1. The zero-order valence-corrected chi connectivity index (χ0v) is 15.1. The zero-order chi connectivity index (χ0) is 19.3. The normalized spacial score (nSPS) is 12.7. The van der Waals surface area contributed by atoms with Crippen molar-refractivity contribution in [1.29, 1.82) is 0 Å². The SMILES string of the molecule is CC(Nc1ncnc2nc[nH]c12)c1nc2ccc(F)cc2n1-c1cnn(C)c1. The number of benzene rings is 1. The molecule has 0 fully saturated rings. The highest BCUT2D eigenvalue weighted by Crippen LogP contribution is 2.28. The smallest absolute Gasteiger partial charge is 0.182 e. The average Bonchev–Trinajstić information content (AvgIpc) is 3.39. The van der Waals surface area contributed by atoms with E-state index in [1.54, 1.807) is 23.3 Å². The predicted octanol–water partition coefficient (Wildman–Crippen LogP) is 2.74. The third-order valence-electron chi connectivity index (χ3n) is 4.56. The summed E-state index contributed by atoms with van der Waals surface area (Å²) >= 11 is 0. The van der Waals surface area contributed by atoms with E-state index in [-0.39, 0.29) is 11.9 Å². The molecule has 2 N–H and O–H groups in total. The van der Waals surface area contributed by atoms with Gasteiger partial charge in [-0.05, 0) is 19.1 Å². The molecule has 4 heterocycles. The van der Waals surface area contributed by atoms with Crippen LogP contribution in [0, 0.1) is 5.82 Å². The fraction of sp³-hybridized carbons (Fsp3) is 0.167. The number of anilines is 1. The van der Waals surface area contributed by atoms with E-state index in [4.69, 9.17) is 4.98 Å². The Bertz CT molecular complexity index is 1300. The van der Waals surface area contributed by atoms with Crippen LogP contribution in [0.3, 0.4) is 0 Å². The van der Waals surface area contributed by atoms with Gasteiger partial charge in [0.1, 0.15) is 23.5 Å². The summed E-state index contributed by atoms with van der Waals surface area (Å²) in [6.07, 6.45) is 6.61. The minimum Gasteiger partial charge on any atom is -0.358 e. The Hall–Kier alpha value is -3.82. The Kier molecular flexibility index (Phi) is 3.57. The Morgan fingerprint density at radius 1 is 1.21 bits per heavy atom. The number of halogens is 1. The molecular formula is C18H16FN9. The third kappa shape index (κ3) is 2.57. The number of hydrogen-bond acceptors (Lipinski definition) is 6. The van der Waals surface area contributed by atoms with Crippen molar-refractivity contribution in [2.24, 2.45) is 7.05 Å². The number of nitrogens with one attached hydrogen (secondary N) is 2. The van der Waals surface area contributed by atoms with Crippen molar-refractivity contribution in [2.45, 2.75) is 13.0 Å². The number of imidazole rings is 2. The lowest BCUT2D eigenvalue weighted by atomic mass is 10.3. The third-order valence-corrected chi connectivity index (χ3v) is 4.56. The molecule has 0 radical (unpaired) electrons. The highest BCUT2D eigenvalue weighted by molar-refractivity contribution is 5.82. The summed E-state index contributed by atoms with van der Waals surface area (Å²) in [6.45, 7) is 1.97. The largest absolute Gasteiger partial charge is 0.358 e. The molecule has 28 heavy (non-hydrogen) atoms. The molecule has 9 nitrogen and oxygen atoms in total. The molecule has 0 saturated carbocycles. The van der Waals surface area contributed by atoms with Crippen LogP contribution < -0.4 is 5.32 Å². The first-order valence-electron chi connectivity index (χ1n) is 8.67. The van der Waals surface area contributed by atoms with E-state index in [0.29, 0.717) is 33.8 Å². The second-order valence-electron chi connectivity index (χ2n) is 6.50. The first-order chi connectivity index (χ1) is 13.6. The molecule has 4 aromatic heterocycles. The molecule has 10 heteroatoms. The van der Waals surface area contributed by atoms with Gasteiger partial charge >= 0.3 is 0 Å². The van der Waals surface area contributed by atoms with Crippen molar-refractivity contribution < 1.29 is 4.39 Å². The van der Waals surface area contributed by atoms with Gasteiger partial charge in [0.15, 0.2) is 11.5 Å². The average molecular weight is 377 g/mol. The number of aromatic nitrogens is 8. The first-order valence-corrected chi connectivity index (χ1v) is 8.67. The molecule has 1 aromatic carbocycles. The van der Waals surface area contributed by atoms with Crippen molar-refractivity contribution >= 4 is 28.0 Å². The van der Waals surface area contributed by atoms with Gasteiger partial charge in [-0.2, -0.15) is 5.10 Å². The number of aromatic amines is 1. The number of fused-ring (bicyclic) bond motifs is 2. The molecular weight excluding hydrogens is 361 g/mol. The molecule has 5 aromatic rings. The Labute approximate surface area is 158 Å². The van der Waals surface area contributed by atoms with Crippen molar-refractivity contribution in [3.63, 3.8) is 0 Å². The summed E-state index contributed by atoms with van der Waals surface area (Å²) in [5.74, 6) is 1.01. The van der Waals surface area contributed by atoms with Gasteiger partial charge in [0.05, 0.1) is 35.3 Å². The van der Waals surface area contributed by atoms with Crippen LogP contribution in [0.1, 0.15) is 18.8 Å². The van der Waals surface area contributed by atoms with Gasteiger partial charge in [-0.15, -0.1) is 0 Å². The fourth-order valence-electron chi connectivity index (χ4n) is 3.30. The van der Waals surface area contributed by atoms with E-state index in [2.05, 4.69) is 30.4 Å². The number of rotatable bonds is 4. The van der Waals surface area contributed by atoms with Crippen LogP contribution in [0.25, 0.3) is 27.9 Å². The van der Waals surface area contributed by atoms with Crippen LogP contribution >= 0.6 is 0 Å². The van der Waals surface area contributed by atoms with Crippen LogP contribution in [-0.4, -0.2) is 39.3 Å². The minimum absolute atomic E-state index is 0.239. The monoisotopic (exact) mass is 377 g/mol. The van der Waals surface area contributed by atoms with Gasteiger partial charge in [0.25, 0.3) is 0 Å². The number of aryl methyl sites for hydroxylation is 1. The maximum Gasteiger partial charge on any atom is 0.182 e. The van der Waals surface area contributed by atoms with Crippen molar-refractivity contribution in [3.05, 3.63) is 54.9 Å². The second kappa shape index (κ2) is 6.12. The van der Waals surface area contributed by atoms with Crippen LogP contribution in [-0.2, 0) is 7.05 Å². The van der Waals surface area contributed by atoms with E-state index in [1.807, 2.05) is 24.7 Å². The lowest BCUT2D eigenvalue weighted by Crippen LogP contribution is -2.14.